The van der Waals surface area contributed by atoms with Crippen LogP contribution in [0.2, 0.25) is 0 Å². The second-order valence-corrected chi connectivity index (χ2v) is 7.34. The molecule has 5 heteroatoms. The average molecular weight is 377 g/mol. The molecular formula is C20H25ClN2OS. The van der Waals surface area contributed by atoms with Crippen LogP contribution in [-0.4, -0.2) is 25.5 Å². The van der Waals surface area contributed by atoms with Crippen molar-refractivity contribution in [3.8, 4) is 0 Å². The normalized spacial score (nSPS) is 17.5. The van der Waals surface area contributed by atoms with Crippen LogP contribution in [0.5, 0.6) is 0 Å². The Morgan fingerprint density at radius 1 is 1.12 bits per heavy atom. The highest BCUT2D eigenvalue weighted by atomic mass is 35.5. The van der Waals surface area contributed by atoms with Crippen molar-refractivity contribution in [2.24, 2.45) is 5.92 Å². The smallest absolute Gasteiger partial charge is 0.237 e. The average Bonchev–Trinajstić information content (AvgIpc) is 3.15. The maximum Gasteiger partial charge on any atom is 0.237 e. The molecule has 1 saturated heterocycles. The summed E-state index contributed by atoms with van der Waals surface area (Å²) in [4.78, 5) is 13.9. The monoisotopic (exact) mass is 376 g/mol. The third-order valence-corrected chi connectivity index (χ3v) is 5.62. The van der Waals surface area contributed by atoms with Gasteiger partial charge in [-0.05, 0) is 49.5 Å². The maximum atomic E-state index is 12.8. The van der Waals surface area contributed by atoms with Gasteiger partial charge in [-0.2, -0.15) is 0 Å². The quantitative estimate of drug-likeness (QED) is 0.716. The first-order valence-corrected chi connectivity index (χ1v) is 9.46. The Morgan fingerprint density at radius 3 is 2.44 bits per heavy atom. The molecule has 0 spiro atoms. The van der Waals surface area contributed by atoms with Crippen LogP contribution in [0.25, 0.3) is 0 Å². The van der Waals surface area contributed by atoms with Crippen LogP contribution in [0.15, 0.2) is 65.6 Å². The molecule has 0 saturated carbocycles. The predicted molar refractivity (Wildman–Crippen MR) is 107 cm³/mol. The topological polar surface area (TPSA) is 41.1 Å². The molecule has 2 aromatic rings. The van der Waals surface area contributed by atoms with E-state index < -0.39 is 0 Å². The Morgan fingerprint density at radius 2 is 1.80 bits per heavy atom. The van der Waals surface area contributed by atoms with Gasteiger partial charge in [0.15, 0.2) is 0 Å². The molecule has 3 rings (SSSR count). The van der Waals surface area contributed by atoms with Crippen molar-refractivity contribution in [3.63, 3.8) is 0 Å². The summed E-state index contributed by atoms with van der Waals surface area (Å²) in [5.41, 5.74) is 1.05. The Balaban J connectivity index is 0.00000225. The third kappa shape index (κ3) is 6.07. The maximum absolute atomic E-state index is 12.8. The second-order valence-electron chi connectivity index (χ2n) is 6.16. The number of nitrogens with one attached hydrogen (secondary N) is 2. The number of hydrogen-bond acceptors (Lipinski definition) is 3. The predicted octanol–water partition coefficient (Wildman–Crippen LogP) is 4.06. The molecule has 2 N–H and O–H groups in total. The summed E-state index contributed by atoms with van der Waals surface area (Å²) in [6.45, 7) is 2.94. The zero-order valence-corrected chi connectivity index (χ0v) is 15.8. The molecule has 134 valence electrons. The van der Waals surface area contributed by atoms with E-state index in [1.165, 1.54) is 6.42 Å². The molecule has 0 bridgehead atoms. The number of carbonyl (C=O) groups is 1. The van der Waals surface area contributed by atoms with E-state index in [0.717, 1.165) is 36.5 Å². The third-order valence-electron chi connectivity index (χ3n) is 4.35. The molecule has 0 aliphatic carbocycles. The van der Waals surface area contributed by atoms with Crippen molar-refractivity contribution >= 4 is 30.1 Å². The van der Waals surface area contributed by atoms with Gasteiger partial charge in [-0.25, -0.2) is 0 Å². The summed E-state index contributed by atoms with van der Waals surface area (Å²) in [5.74, 6) is 0.795. The van der Waals surface area contributed by atoms with Gasteiger partial charge in [0.1, 0.15) is 5.25 Å². The van der Waals surface area contributed by atoms with Crippen molar-refractivity contribution in [1.82, 2.24) is 10.6 Å². The van der Waals surface area contributed by atoms with Crippen LogP contribution in [0.3, 0.4) is 0 Å². The lowest BCUT2D eigenvalue weighted by atomic mass is 10.1. The van der Waals surface area contributed by atoms with Crippen LogP contribution in [0.1, 0.15) is 23.7 Å². The van der Waals surface area contributed by atoms with Gasteiger partial charge in [0.2, 0.25) is 5.91 Å². The first kappa shape index (κ1) is 19.8. The van der Waals surface area contributed by atoms with E-state index in [-0.39, 0.29) is 23.6 Å². The van der Waals surface area contributed by atoms with E-state index in [4.69, 9.17) is 0 Å². The van der Waals surface area contributed by atoms with Crippen molar-refractivity contribution in [1.29, 1.82) is 0 Å². The highest BCUT2D eigenvalue weighted by Crippen LogP contribution is 2.35. The van der Waals surface area contributed by atoms with Crippen LogP contribution >= 0.6 is 24.2 Å². The number of thioether (sulfide) groups is 1. The summed E-state index contributed by atoms with van der Waals surface area (Å²) in [5, 5.41) is 6.30. The number of carbonyl (C=O) groups excluding carboxylic acids is 1. The zero-order chi connectivity index (χ0) is 16.6. The largest absolute Gasteiger partial charge is 0.355 e. The van der Waals surface area contributed by atoms with Gasteiger partial charge in [0, 0.05) is 11.4 Å². The van der Waals surface area contributed by atoms with E-state index in [9.17, 15) is 4.79 Å². The molecule has 0 radical (unpaired) electrons. The fourth-order valence-electron chi connectivity index (χ4n) is 2.99. The fraction of sp³-hybridized carbons (Fsp3) is 0.350. The van der Waals surface area contributed by atoms with Crippen molar-refractivity contribution in [3.05, 3.63) is 66.2 Å². The fourth-order valence-corrected chi connectivity index (χ4v) is 4.06. The lowest BCUT2D eigenvalue weighted by Crippen LogP contribution is -2.30. The first-order valence-electron chi connectivity index (χ1n) is 8.58. The highest BCUT2D eigenvalue weighted by molar-refractivity contribution is 8.00. The van der Waals surface area contributed by atoms with Gasteiger partial charge in [-0.1, -0.05) is 48.5 Å². The summed E-state index contributed by atoms with van der Waals surface area (Å²) >= 11 is 1.61. The van der Waals surface area contributed by atoms with E-state index in [2.05, 4.69) is 22.8 Å². The van der Waals surface area contributed by atoms with E-state index >= 15 is 0 Å². The van der Waals surface area contributed by atoms with Gasteiger partial charge in [0.05, 0.1) is 0 Å². The Kier molecular flexibility index (Phi) is 8.32. The molecule has 2 atom stereocenters. The first-order chi connectivity index (χ1) is 11.8. The molecule has 1 aliphatic rings. The Labute approximate surface area is 160 Å². The summed E-state index contributed by atoms with van der Waals surface area (Å²) in [7, 11) is 0. The van der Waals surface area contributed by atoms with Gasteiger partial charge < -0.3 is 10.6 Å². The number of rotatable bonds is 7. The Hall–Kier alpha value is -1.49. The van der Waals surface area contributed by atoms with E-state index in [0.29, 0.717) is 5.92 Å². The standard InChI is InChI=1S/C20H24N2OS.ClH/c23-20(22-14-12-16-11-13-21-15-16)19(17-7-3-1-4-8-17)24-18-9-5-2-6-10-18;/h1-10,16,19,21H,11-15H2,(H,22,23);1H. The van der Waals surface area contributed by atoms with Gasteiger partial charge in [-0.15, -0.1) is 24.2 Å². The molecule has 2 aromatic carbocycles. The summed E-state index contributed by atoms with van der Waals surface area (Å²) in [6.07, 6.45) is 2.27. The second kappa shape index (κ2) is 10.5. The molecular weight excluding hydrogens is 352 g/mol. The lowest BCUT2D eigenvalue weighted by molar-refractivity contribution is -0.120. The molecule has 25 heavy (non-hydrogen) atoms. The summed E-state index contributed by atoms with van der Waals surface area (Å²) < 4.78 is 0. The van der Waals surface area contributed by atoms with Gasteiger partial charge in [0.25, 0.3) is 0 Å². The van der Waals surface area contributed by atoms with Crippen LogP contribution in [0.4, 0.5) is 0 Å². The number of benzene rings is 2. The van der Waals surface area contributed by atoms with E-state index in [1.54, 1.807) is 11.8 Å². The van der Waals surface area contributed by atoms with Crippen molar-refractivity contribution < 1.29 is 4.79 Å². The van der Waals surface area contributed by atoms with Crippen LogP contribution in [0, 0.1) is 5.92 Å². The van der Waals surface area contributed by atoms with Gasteiger partial charge in [-0.3, -0.25) is 4.79 Å². The number of amides is 1. The molecule has 2 unspecified atom stereocenters. The number of halogens is 1. The summed E-state index contributed by atoms with van der Waals surface area (Å²) in [6, 6.07) is 20.1. The molecule has 1 aliphatic heterocycles. The van der Waals surface area contributed by atoms with Crippen molar-refractivity contribution in [2.75, 3.05) is 19.6 Å². The van der Waals surface area contributed by atoms with Crippen molar-refractivity contribution in [2.45, 2.75) is 23.0 Å². The van der Waals surface area contributed by atoms with Gasteiger partial charge >= 0.3 is 0 Å². The Bertz CT molecular complexity index is 633. The minimum atomic E-state index is -0.213. The number of hydrogen-bond donors (Lipinski definition) is 2. The molecule has 1 amide bonds. The minimum absolute atomic E-state index is 0. The zero-order valence-electron chi connectivity index (χ0n) is 14.2. The molecule has 1 heterocycles. The molecule has 1 fully saturated rings. The highest BCUT2D eigenvalue weighted by Gasteiger charge is 2.22. The van der Waals surface area contributed by atoms with E-state index in [1.807, 2.05) is 48.5 Å². The lowest BCUT2D eigenvalue weighted by Gasteiger charge is -2.18. The van der Waals surface area contributed by atoms with Crippen LogP contribution < -0.4 is 10.6 Å². The SMILES string of the molecule is Cl.O=C(NCCC1CCNC1)C(Sc1ccccc1)c1ccccc1. The minimum Gasteiger partial charge on any atom is -0.355 e. The van der Waals surface area contributed by atoms with Crippen LogP contribution in [-0.2, 0) is 4.79 Å². The molecule has 3 nitrogen and oxygen atoms in total. The molecule has 0 aromatic heterocycles.